The molecular formula is C37H60N2. The van der Waals surface area contributed by atoms with Crippen molar-refractivity contribution in [3.05, 3.63) is 47.3 Å². The molecule has 0 unspecified atom stereocenters. The van der Waals surface area contributed by atoms with Gasteiger partial charge in [0.05, 0.1) is 0 Å². The standard InChI is InChI=1S/C37H60N2/c1-4-6-8-10-12-14-17-21-33-30-38-36(39-31-33)35-23-22-34(32(3)29-35)24-28-37(26-19-16-20-27-37)25-18-15-13-11-9-7-5-2/h22-23,29-31H,4-21,24-28H2,1-3H3. The van der Waals surface area contributed by atoms with Crippen LogP contribution in [0.25, 0.3) is 11.4 Å². The predicted octanol–water partition coefficient (Wildman–Crippen LogP) is 11.8. The molecule has 3 rings (SSSR count). The van der Waals surface area contributed by atoms with Crippen LogP contribution in [-0.2, 0) is 12.8 Å². The SMILES string of the molecule is CCCCCCCCCc1cnc(-c2ccc(CCC3(CCCCCCCCC)CCCCC3)c(C)c2)nc1. The maximum Gasteiger partial charge on any atom is 0.159 e. The number of hydrogen-bond donors (Lipinski definition) is 0. The van der Waals surface area contributed by atoms with E-state index in [2.05, 4.69) is 51.4 Å². The molecule has 0 radical (unpaired) electrons. The minimum absolute atomic E-state index is 0.598. The first-order valence-corrected chi connectivity index (χ1v) is 17.1. The molecule has 1 heterocycles. The van der Waals surface area contributed by atoms with Crippen molar-refractivity contribution in [1.29, 1.82) is 0 Å². The largest absolute Gasteiger partial charge is 0.236 e. The van der Waals surface area contributed by atoms with Gasteiger partial charge in [0.2, 0.25) is 0 Å². The zero-order valence-corrected chi connectivity index (χ0v) is 26.0. The third kappa shape index (κ3) is 11.7. The molecule has 0 atom stereocenters. The Morgan fingerprint density at radius 3 is 1.85 bits per heavy atom. The summed E-state index contributed by atoms with van der Waals surface area (Å²) >= 11 is 0. The van der Waals surface area contributed by atoms with Crippen LogP contribution in [0.1, 0.15) is 165 Å². The molecule has 1 aliphatic rings. The van der Waals surface area contributed by atoms with Gasteiger partial charge in [-0.05, 0) is 80.0 Å². The maximum atomic E-state index is 4.74. The highest BCUT2D eigenvalue weighted by Gasteiger charge is 2.31. The van der Waals surface area contributed by atoms with Crippen molar-refractivity contribution in [2.75, 3.05) is 0 Å². The summed E-state index contributed by atoms with van der Waals surface area (Å²) in [5.74, 6) is 0.871. The highest BCUT2D eigenvalue weighted by Crippen LogP contribution is 2.44. The Morgan fingerprint density at radius 2 is 1.23 bits per heavy atom. The van der Waals surface area contributed by atoms with Crippen LogP contribution < -0.4 is 0 Å². The molecule has 1 aromatic carbocycles. The second-order valence-electron chi connectivity index (χ2n) is 12.9. The second-order valence-corrected chi connectivity index (χ2v) is 12.9. The summed E-state index contributed by atoms with van der Waals surface area (Å²) < 4.78 is 0. The third-order valence-electron chi connectivity index (χ3n) is 9.52. The van der Waals surface area contributed by atoms with Gasteiger partial charge in [-0.15, -0.1) is 0 Å². The van der Waals surface area contributed by atoms with Crippen LogP contribution in [0.15, 0.2) is 30.6 Å². The Morgan fingerprint density at radius 1 is 0.641 bits per heavy atom. The van der Waals surface area contributed by atoms with E-state index in [-0.39, 0.29) is 0 Å². The quantitative estimate of drug-likeness (QED) is 0.158. The van der Waals surface area contributed by atoms with Crippen molar-refractivity contribution in [3.8, 4) is 11.4 Å². The van der Waals surface area contributed by atoms with Gasteiger partial charge in [-0.3, -0.25) is 0 Å². The first-order valence-electron chi connectivity index (χ1n) is 17.1. The molecule has 0 aliphatic heterocycles. The maximum absolute atomic E-state index is 4.74. The third-order valence-corrected chi connectivity index (χ3v) is 9.52. The van der Waals surface area contributed by atoms with Gasteiger partial charge >= 0.3 is 0 Å². The Balaban J connectivity index is 1.46. The molecule has 0 bridgehead atoms. The summed E-state index contributed by atoms with van der Waals surface area (Å²) in [5, 5.41) is 0. The fraction of sp³-hybridized carbons (Fsp3) is 0.730. The summed E-state index contributed by atoms with van der Waals surface area (Å²) in [4.78, 5) is 9.49. The van der Waals surface area contributed by atoms with E-state index in [0.717, 1.165) is 17.8 Å². The Labute approximate surface area is 242 Å². The Bertz CT molecular complexity index is 894. The molecule has 0 spiro atoms. The minimum atomic E-state index is 0.598. The molecule has 0 saturated heterocycles. The Kier molecular flexibility index (Phi) is 15.2. The molecule has 1 aliphatic carbocycles. The summed E-state index contributed by atoms with van der Waals surface area (Å²) in [6, 6.07) is 6.95. The van der Waals surface area contributed by atoms with Crippen molar-refractivity contribution in [1.82, 2.24) is 9.97 Å². The van der Waals surface area contributed by atoms with Crippen LogP contribution in [0.4, 0.5) is 0 Å². The highest BCUT2D eigenvalue weighted by molar-refractivity contribution is 5.57. The van der Waals surface area contributed by atoms with Gasteiger partial charge in [0, 0.05) is 18.0 Å². The number of benzene rings is 1. The van der Waals surface area contributed by atoms with E-state index in [0.29, 0.717) is 5.41 Å². The van der Waals surface area contributed by atoms with Gasteiger partial charge in [-0.1, -0.05) is 129 Å². The number of unbranched alkanes of at least 4 members (excludes halogenated alkanes) is 12. The van der Waals surface area contributed by atoms with Crippen molar-refractivity contribution >= 4 is 0 Å². The van der Waals surface area contributed by atoms with E-state index in [1.165, 1.54) is 158 Å². The highest BCUT2D eigenvalue weighted by atomic mass is 14.9. The first kappa shape index (κ1) is 31.8. The molecule has 2 aromatic rings. The zero-order valence-electron chi connectivity index (χ0n) is 26.0. The summed E-state index contributed by atoms with van der Waals surface area (Å²) in [7, 11) is 0. The van der Waals surface area contributed by atoms with E-state index in [4.69, 9.17) is 9.97 Å². The average molecular weight is 533 g/mol. The van der Waals surface area contributed by atoms with Crippen molar-refractivity contribution in [2.45, 2.75) is 168 Å². The van der Waals surface area contributed by atoms with Crippen LogP contribution in [0, 0.1) is 12.3 Å². The van der Waals surface area contributed by atoms with Gasteiger partial charge in [-0.2, -0.15) is 0 Å². The molecule has 1 fully saturated rings. The lowest BCUT2D eigenvalue weighted by Gasteiger charge is -2.38. The summed E-state index contributed by atoms with van der Waals surface area (Å²) in [6.45, 7) is 6.88. The fourth-order valence-corrected chi connectivity index (χ4v) is 6.82. The van der Waals surface area contributed by atoms with Crippen LogP contribution in [-0.4, -0.2) is 9.97 Å². The molecule has 218 valence electrons. The van der Waals surface area contributed by atoms with Crippen molar-refractivity contribution < 1.29 is 0 Å². The molecule has 1 aromatic heterocycles. The number of aromatic nitrogens is 2. The van der Waals surface area contributed by atoms with Crippen LogP contribution in [0.5, 0.6) is 0 Å². The number of hydrogen-bond acceptors (Lipinski definition) is 2. The number of aryl methyl sites for hydroxylation is 3. The van der Waals surface area contributed by atoms with Crippen LogP contribution in [0.3, 0.4) is 0 Å². The van der Waals surface area contributed by atoms with E-state index >= 15 is 0 Å². The van der Waals surface area contributed by atoms with E-state index < -0.39 is 0 Å². The van der Waals surface area contributed by atoms with Crippen LogP contribution in [0.2, 0.25) is 0 Å². The summed E-state index contributed by atoms with van der Waals surface area (Å²) in [5.41, 5.74) is 5.97. The van der Waals surface area contributed by atoms with Gasteiger partial charge < -0.3 is 0 Å². The molecule has 2 nitrogen and oxygen atoms in total. The van der Waals surface area contributed by atoms with Crippen molar-refractivity contribution in [2.24, 2.45) is 5.41 Å². The number of nitrogens with zero attached hydrogens (tertiary/aromatic N) is 2. The predicted molar refractivity (Wildman–Crippen MR) is 170 cm³/mol. The molecule has 0 N–H and O–H groups in total. The molecule has 0 amide bonds. The minimum Gasteiger partial charge on any atom is -0.236 e. The second kappa shape index (κ2) is 18.6. The molecule has 2 heteroatoms. The van der Waals surface area contributed by atoms with Crippen molar-refractivity contribution in [3.63, 3.8) is 0 Å². The zero-order chi connectivity index (χ0) is 27.6. The normalized spacial score (nSPS) is 15.1. The number of rotatable bonds is 20. The molecule has 1 saturated carbocycles. The van der Waals surface area contributed by atoms with E-state index in [1.807, 2.05) is 0 Å². The lowest BCUT2D eigenvalue weighted by Crippen LogP contribution is -2.25. The topological polar surface area (TPSA) is 25.8 Å². The fourth-order valence-electron chi connectivity index (χ4n) is 6.82. The van der Waals surface area contributed by atoms with Gasteiger partial charge in [0.1, 0.15) is 0 Å². The molecule has 39 heavy (non-hydrogen) atoms. The van der Waals surface area contributed by atoms with Crippen LogP contribution >= 0.6 is 0 Å². The Hall–Kier alpha value is -1.70. The van der Waals surface area contributed by atoms with Gasteiger partial charge in [0.25, 0.3) is 0 Å². The van der Waals surface area contributed by atoms with Gasteiger partial charge in [-0.25, -0.2) is 9.97 Å². The van der Waals surface area contributed by atoms with Gasteiger partial charge in [0.15, 0.2) is 5.82 Å². The molecular weight excluding hydrogens is 472 g/mol. The van der Waals surface area contributed by atoms with E-state index in [1.54, 1.807) is 0 Å². The first-order chi connectivity index (χ1) is 19.2. The average Bonchev–Trinajstić information content (AvgIpc) is 2.96. The smallest absolute Gasteiger partial charge is 0.159 e. The monoisotopic (exact) mass is 532 g/mol. The summed E-state index contributed by atoms with van der Waals surface area (Å²) in [6.07, 6.45) is 35.9. The lowest BCUT2D eigenvalue weighted by molar-refractivity contribution is 0.152. The lowest BCUT2D eigenvalue weighted by atomic mass is 9.67. The van der Waals surface area contributed by atoms with E-state index in [9.17, 15) is 0 Å².